The molecule has 0 spiro atoms. The van der Waals surface area contributed by atoms with Crippen LogP contribution in [0.15, 0.2) is 0 Å². The number of hydrogen-bond acceptors (Lipinski definition) is 2. The van der Waals surface area contributed by atoms with E-state index in [1.165, 1.54) is 0 Å². The molecule has 2 unspecified atom stereocenters. The molecule has 0 aliphatic carbocycles. The van der Waals surface area contributed by atoms with Crippen molar-refractivity contribution >= 4 is 12.0 Å². The Morgan fingerprint density at radius 3 is 2.22 bits per heavy atom. The summed E-state index contributed by atoms with van der Waals surface area (Å²) in [4.78, 5) is 24.3. The van der Waals surface area contributed by atoms with Gasteiger partial charge in [0, 0.05) is 19.6 Å². The molecule has 0 saturated heterocycles. The van der Waals surface area contributed by atoms with Crippen molar-refractivity contribution in [1.29, 1.82) is 0 Å². The maximum absolute atomic E-state index is 11.9. The second-order valence-electron chi connectivity index (χ2n) is 5.29. The maximum Gasteiger partial charge on any atom is 0.317 e. The molecule has 0 aromatic carbocycles. The number of carbonyl (C=O) groups excluding carboxylic acids is 1. The number of rotatable bonds is 7. The number of nitrogens with zero attached hydrogens (tertiary/aromatic N) is 1. The van der Waals surface area contributed by atoms with Crippen LogP contribution >= 0.6 is 0 Å². The summed E-state index contributed by atoms with van der Waals surface area (Å²) in [5, 5.41) is 11.6. The predicted octanol–water partition coefficient (Wildman–Crippen LogP) is 2.17. The first kappa shape index (κ1) is 16.7. The summed E-state index contributed by atoms with van der Waals surface area (Å²) < 4.78 is 0. The molecular formula is C13H26N2O3. The van der Waals surface area contributed by atoms with Gasteiger partial charge < -0.3 is 15.3 Å². The number of carboxylic acid groups (broad SMARTS) is 1. The second kappa shape index (κ2) is 7.95. The molecule has 2 atom stereocenters. The van der Waals surface area contributed by atoms with Gasteiger partial charge in [0.2, 0.25) is 0 Å². The van der Waals surface area contributed by atoms with E-state index >= 15 is 0 Å². The Morgan fingerprint density at radius 1 is 1.28 bits per heavy atom. The molecule has 5 heteroatoms. The first-order valence-electron chi connectivity index (χ1n) is 6.51. The average molecular weight is 258 g/mol. The zero-order chi connectivity index (χ0) is 14.3. The average Bonchev–Trinajstić information content (AvgIpc) is 2.26. The molecule has 0 aliphatic heterocycles. The van der Waals surface area contributed by atoms with Gasteiger partial charge in [-0.2, -0.15) is 0 Å². The van der Waals surface area contributed by atoms with Gasteiger partial charge in [-0.3, -0.25) is 4.79 Å². The topological polar surface area (TPSA) is 69.6 Å². The van der Waals surface area contributed by atoms with Crippen molar-refractivity contribution in [3.63, 3.8) is 0 Å². The van der Waals surface area contributed by atoms with Crippen molar-refractivity contribution in [3.8, 4) is 0 Å². The van der Waals surface area contributed by atoms with Crippen molar-refractivity contribution in [2.75, 3.05) is 13.6 Å². The fourth-order valence-electron chi connectivity index (χ4n) is 1.59. The summed E-state index contributed by atoms with van der Waals surface area (Å²) in [6.45, 7) is 8.66. The quantitative estimate of drug-likeness (QED) is 0.735. The summed E-state index contributed by atoms with van der Waals surface area (Å²) >= 11 is 0. The minimum Gasteiger partial charge on any atom is -0.481 e. The van der Waals surface area contributed by atoms with Crippen LogP contribution in [0.5, 0.6) is 0 Å². The van der Waals surface area contributed by atoms with E-state index in [2.05, 4.69) is 19.2 Å². The van der Waals surface area contributed by atoms with E-state index in [0.717, 1.165) is 6.42 Å². The smallest absolute Gasteiger partial charge is 0.317 e. The maximum atomic E-state index is 11.9. The van der Waals surface area contributed by atoms with Crippen LogP contribution in [-0.4, -0.2) is 41.6 Å². The zero-order valence-corrected chi connectivity index (χ0v) is 12.1. The van der Waals surface area contributed by atoms with E-state index in [1.807, 2.05) is 13.8 Å². The van der Waals surface area contributed by atoms with E-state index in [4.69, 9.17) is 5.11 Å². The van der Waals surface area contributed by atoms with Gasteiger partial charge in [-0.25, -0.2) is 4.79 Å². The SMILES string of the molecule is CCC(C)CN(C)C(=O)NC(CC(=O)O)C(C)C. The van der Waals surface area contributed by atoms with Crippen molar-refractivity contribution in [2.24, 2.45) is 11.8 Å². The molecule has 0 saturated carbocycles. The molecule has 0 aromatic heterocycles. The number of amides is 2. The van der Waals surface area contributed by atoms with Crippen LogP contribution in [0.2, 0.25) is 0 Å². The summed E-state index contributed by atoms with van der Waals surface area (Å²) in [6.07, 6.45) is 0.973. The molecule has 0 bridgehead atoms. The summed E-state index contributed by atoms with van der Waals surface area (Å²) in [5.74, 6) is -0.349. The molecule has 106 valence electrons. The lowest BCUT2D eigenvalue weighted by Crippen LogP contribution is -2.47. The molecule has 0 aliphatic rings. The lowest BCUT2D eigenvalue weighted by atomic mass is 10.0. The van der Waals surface area contributed by atoms with E-state index < -0.39 is 5.97 Å². The Balaban J connectivity index is 4.36. The van der Waals surface area contributed by atoms with E-state index in [9.17, 15) is 9.59 Å². The van der Waals surface area contributed by atoms with Crippen molar-refractivity contribution in [1.82, 2.24) is 10.2 Å². The molecule has 5 nitrogen and oxygen atoms in total. The number of carbonyl (C=O) groups is 2. The Bertz CT molecular complexity index is 279. The van der Waals surface area contributed by atoms with Gasteiger partial charge in [0.1, 0.15) is 0 Å². The third-order valence-electron chi connectivity index (χ3n) is 3.14. The van der Waals surface area contributed by atoms with E-state index in [1.54, 1.807) is 11.9 Å². The number of urea groups is 1. The molecule has 18 heavy (non-hydrogen) atoms. The van der Waals surface area contributed by atoms with E-state index in [0.29, 0.717) is 12.5 Å². The monoisotopic (exact) mass is 258 g/mol. The van der Waals surface area contributed by atoms with Gasteiger partial charge in [0.15, 0.2) is 0 Å². The van der Waals surface area contributed by atoms with Crippen LogP contribution in [0.1, 0.15) is 40.5 Å². The predicted molar refractivity (Wildman–Crippen MR) is 71.5 cm³/mol. The van der Waals surface area contributed by atoms with Crippen LogP contribution in [-0.2, 0) is 4.79 Å². The number of aliphatic carboxylic acids is 1. The number of nitrogens with one attached hydrogen (secondary N) is 1. The molecule has 0 fully saturated rings. The highest BCUT2D eigenvalue weighted by Gasteiger charge is 2.21. The fourth-order valence-corrected chi connectivity index (χ4v) is 1.59. The van der Waals surface area contributed by atoms with Gasteiger partial charge in [-0.15, -0.1) is 0 Å². The van der Waals surface area contributed by atoms with Gasteiger partial charge in [-0.05, 0) is 11.8 Å². The van der Waals surface area contributed by atoms with Gasteiger partial charge in [-0.1, -0.05) is 34.1 Å². The molecule has 2 N–H and O–H groups in total. The summed E-state index contributed by atoms with van der Waals surface area (Å²) in [7, 11) is 1.74. The normalized spacial score (nSPS) is 14.1. The highest BCUT2D eigenvalue weighted by Crippen LogP contribution is 2.08. The minimum atomic E-state index is -0.890. The molecular weight excluding hydrogens is 232 g/mol. The van der Waals surface area contributed by atoms with Crippen LogP contribution in [0.25, 0.3) is 0 Å². The van der Waals surface area contributed by atoms with Crippen LogP contribution in [0.4, 0.5) is 4.79 Å². The van der Waals surface area contributed by atoms with Crippen molar-refractivity contribution in [2.45, 2.75) is 46.6 Å². The Kier molecular flexibility index (Phi) is 7.39. The van der Waals surface area contributed by atoms with Gasteiger partial charge >= 0.3 is 12.0 Å². The first-order valence-corrected chi connectivity index (χ1v) is 6.51. The molecule has 0 rings (SSSR count). The van der Waals surface area contributed by atoms with Gasteiger partial charge in [0.25, 0.3) is 0 Å². The van der Waals surface area contributed by atoms with E-state index in [-0.39, 0.29) is 24.4 Å². The zero-order valence-electron chi connectivity index (χ0n) is 12.1. The number of hydrogen-bond donors (Lipinski definition) is 2. The van der Waals surface area contributed by atoms with Crippen molar-refractivity contribution < 1.29 is 14.7 Å². The fraction of sp³-hybridized carbons (Fsp3) is 0.846. The molecule has 0 radical (unpaired) electrons. The Morgan fingerprint density at radius 2 is 1.83 bits per heavy atom. The highest BCUT2D eigenvalue weighted by molar-refractivity contribution is 5.75. The molecule has 0 aromatic rings. The Labute approximate surface area is 110 Å². The summed E-state index contributed by atoms with van der Waals surface area (Å²) in [6, 6.07) is -0.523. The molecule has 2 amide bonds. The molecule has 0 heterocycles. The highest BCUT2D eigenvalue weighted by atomic mass is 16.4. The van der Waals surface area contributed by atoms with Crippen LogP contribution in [0, 0.1) is 11.8 Å². The third kappa shape index (κ3) is 6.47. The van der Waals surface area contributed by atoms with Crippen molar-refractivity contribution in [3.05, 3.63) is 0 Å². The summed E-state index contributed by atoms with van der Waals surface area (Å²) in [5.41, 5.74) is 0. The Hall–Kier alpha value is -1.26. The van der Waals surface area contributed by atoms with Gasteiger partial charge in [0.05, 0.1) is 6.42 Å². The minimum absolute atomic E-state index is 0.0411. The first-order chi connectivity index (χ1) is 8.27. The largest absolute Gasteiger partial charge is 0.481 e. The lowest BCUT2D eigenvalue weighted by molar-refractivity contribution is -0.137. The lowest BCUT2D eigenvalue weighted by Gasteiger charge is -2.26. The van der Waals surface area contributed by atoms with Crippen LogP contribution in [0.3, 0.4) is 0 Å². The van der Waals surface area contributed by atoms with Crippen LogP contribution < -0.4 is 5.32 Å². The second-order valence-corrected chi connectivity index (χ2v) is 5.29. The third-order valence-corrected chi connectivity index (χ3v) is 3.14. The number of carboxylic acids is 1. The standard InChI is InChI=1S/C13H26N2O3/c1-6-10(4)8-15(5)13(18)14-11(9(2)3)7-12(16)17/h9-11H,6-8H2,1-5H3,(H,14,18)(H,16,17).